The Labute approximate surface area is 267 Å². The van der Waals surface area contributed by atoms with Gasteiger partial charge in [0.1, 0.15) is 11.2 Å². The molecule has 2 heteroatoms. The van der Waals surface area contributed by atoms with Crippen molar-refractivity contribution in [2.45, 2.75) is 0 Å². The summed E-state index contributed by atoms with van der Waals surface area (Å²) in [6.45, 7) is 0. The lowest BCUT2D eigenvalue weighted by atomic mass is 10.0. The first-order valence-electron chi connectivity index (χ1n) is 15.7. The Bertz CT molecular complexity index is 2510. The van der Waals surface area contributed by atoms with Gasteiger partial charge >= 0.3 is 0 Å². The highest BCUT2D eigenvalue weighted by molar-refractivity contribution is 6.15. The summed E-state index contributed by atoms with van der Waals surface area (Å²) in [7, 11) is 0. The van der Waals surface area contributed by atoms with Gasteiger partial charge in [0.2, 0.25) is 0 Å². The minimum Gasteiger partial charge on any atom is -0.455 e. The Kier molecular flexibility index (Phi) is 6.17. The van der Waals surface area contributed by atoms with Crippen LogP contribution in [0.15, 0.2) is 180 Å². The van der Waals surface area contributed by atoms with E-state index in [4.69, 9.17) is 4.42 Å². The maximum absolute atomic E-state index is 6.37. The van der Waals surface area contributed by atoms with Crippen molar-refractivity contribution in [2.24, 2.45) is 0 Å². The molecule has 46 heavy (non-hydrogen) atoms. The zero-order valence-corrected chi connectivity index (χ0v) is 25.1. The zero-order valence-electron chi connectivity index (χ0n) is 25.1. The molecular weight excluding hydrogens is 558 g/mol. The van der Waals surface area contributed by atoms with Crippen LogP contribution in [0.3, 0.4) is 0 Å². The molecule has 0 unspecified atom stereocenters. The first-order chi connectivity index (χ1) is 22.8. The van der Waals surface area contributed by atoms with Crippen molar-refractivity contribution < 1.29 is 4.42 Å². The van der Waals surface area contributed by atoms with E-state index in [0.29, 0.717) is 0 Å². The van der Waals surface area contributed by atoms with Crippen LogP contribution >= 0.6 is 0 Å². The highest BCUT2D eigenvalue weighted by Gasteiger charge is 2.15. The molecule has 0 saturated heterocycles. The Hall–Kier alpha value is -6.12. The van der Waals surface area contributed by atoms with E-state index >= 15 is 0 Å². The van der Waals surface area contributed by atoms with Gasteiger partial charge in [0.05, 0.1) is 0 Å². The number of furan rings is 1. The molecule has 1 heterocycles. The number of hydrogen-bond acceptors (Lipinski definition) is 2. The van der Waals surface area contributed by atoms with Crippen molar-refractivity contribution in [1.29, 1.82) is 0 Å². The van der Waals surface area contributed by atoms with Gasteiger partial charge in [-0.3, -0.25) is 0 Å². The van der Waals surface area contributed by atoms with Crippen molar-refractivity contribution >= 4 is 60.5 Å². The molecule has 0 fully saturated rings. The van der Waals surface area contributed by atoms with Crippen LogP contribution < -0.4 is 4.90 Å². The molecule has 8 aromatic carbocycles. The maximum atomic E-state index is 6.37. The molecule has 1 aromatic heterocycles. The molecule has 0 radical (unpaired) electrons. The molecule has 0 aliphatic rings. The molecule has 216 valence electrons. The molecule has 0 saturated carbocycles. The summed E-state index contributed by atoms with van der Waals surface area (Å²) in [5, 5.41) is 7.07. The number of rotatable bonds is 5. The summed E-state index contributed by atoms with van der Waals surface area (Å²) in [6.07, 6.45) is 0. The van der Waals surface area contributed by atoms with Crippen LogP contribution in [0, 0.1) is 0 Å². The number of benzene rings is 8. The molecule has 0 atom stereocenters. The zero-order chi connectivity index (χ0) is 30.5. The summed E-state index contributed by atoms with van der Waals surface area (Å²) in [5.74, 6) is 0. The van der Waals surface area contributed by atoms with Gasteiger partial charge in [0.25, 0.3) is 0 Å². The topological polar surface area (TPSA) is 16.4 Å². The van der Waals surface area contributed by atoms with Crippen LogP contribution in [-0.2, 0) is 0 Å². The molecule has 0 aliphatic heterocycles. The number of anilines is 3. The van der Waals surface area contributed by atoms with Crippen molar-refractivity contribution in [3.63, 3.8) is 0 Å². The monoisotopic (exact) mass is 587 g/mol. The van der Waals surface area contributed by atoms with E-state index in [2.05, 4.69) is 181 Å². The molecule has 0 amide bonds. The van der Waals surface area contributed by atoms with Gasteiger partial charge in [-0.1, -0.05) is 121 Å². The largest absolute Gasteiger partial charge is 0.455 e. The molecule has 0 bridgehead atoms. The van der Waals surface area contributed by atoms with E-state index in [1.54, 1.807) is 0 Å². The smallest absolute Gasteiger partial charge is 0.143 e. The fourth-order valence-corrected chi connectivity index (χ4v) is 6.68. The Balaban J connectivity index is 1.12. The molecule has 0 spiro atoms. The molecular formula is C44H29NO. The van der Waals surface area contributed by atoms with Gasteiger partial charge in [0.15, 0.2) is 0 Å². The predicted molar refractivity (Wildman–Crippen MR) is 194 cm³/mol. The molecule has 2 nitrogen and oxygen atoms in total. The van der Waals surface area contributed by atoms with Crippen molar-refractivity contribution in [3.8, 4) is 22.3 Å². The SMILES string of the molecule is c1ccc(-c2ccc(N(c3ccc(-c4ccc5oc6c7ccccc7ccc6c5c4)cc3)c3ccc4ccccc4c3)cc2)cc1. The van der Waals surface area contributed by atoms with Crippen LogP contribution in [-0.4, -0.2) is 0 Å². The standard InChI is InChI=1S/C44H29NO/c1-2-8-30(9-3-1)32-14-21-37(22-15-32)45(39-25-18-31-10-4-5-12-35(31)28-39)38-23-16-33(17-24-38)36-20-27-43-42(29-36)41-26-19-34-11-6-7-13-40(34)44(41)46-43/h1-29H. The molecule has 9 aromatic rings. The van der Waals surface area contributed by atoms with Crippen LogP contribution in [0.5, 0.6) is 0 Å². The van der Waals surface area contributed by atoms with Crippen LogP contribution in [0.1, 0.15) is 0 Å². The fourth-order valence-electron chi connectivity index (χ4n) is 6.68. The lowest BCUT2D eigenvalue weighted by Crippen LogP contribution is -2.09. The molecule has 9 rings (SSSR count). The minimum absolute atomic E-state index is 0.910. The summed E-state index contributed by atoms with van der Waals surface area (Å²) in [4.78, 5) is 2.34. The van der Waals surface area contributed by atoms with Gasteiger partial charge in [-0.2, -0.15) is 0 Å². The van der Waals surface area contributed by atoms with E-state index in [0.717, 1.165) is 44.4 Å². The van der Waals surface area contributed by atoms with Crippen molar-refractivity contribution in [1.82, 2.24) is 0 Å². The quantitative estimate of drug-likeness (QED) is 0.199. The third kappa shape index (κ3) is 4.51. The first-order valence-corrected chi connectivity index (χ1v) is 15.7. The van der Waals surface area contributed by atoms with Gasteiger partial charge in [0, 0.05) is 33.2 Å². The molecule has 0 N–H and O–H groups in total. The average molecular weight is 588 g/mol. The summed E-state index contributed by atoms with van der Waals surface area (Å²) in [5.41, 5.74) is 9.95. The first kappa shape index (κ1) is 26.3. The fraction of sp³-hybridized carbons (Fsp3) is 0. The second kappa shape index (κ2) is 10.8. The summed E-state index contributed by atoms with van der Waals surface area (Å²) in [6, 6.07) is 62.8. The highest BCUT2D eigenvalue weighted by Crippen LogP contribution is 2.39. The predicted octanol–water partition coefficient (Wildman–Crippen LogP) is 12.7. The van der Waals surface area contributed by atoms with Gasteiger partial charge in [-0.25, -0.2) is 0 Å². The highest BCUT2D eigenvalue weighted by atomic mass is 16.3. The van der Waals surface area contributed by atoms with Gasteiger partial charge in [-0.15, -0.1) is 0 Å². The van der Waals surface area contributed by atoms with E-state index in [9.17, 15) is 0 Å². The van der Waals surface area contributed by atoms with Crippen molar-refractivity contribution in [2.75, 3.05) is 4.90 Å². The average Bonchev–Trinajstić information content (AvgIpc) is 3.51. The van der Waals surface area contributed by atoms with Gasteiger partial charge in [-0.05, 0) is 93.0 Å². The lowest BCUT2D eigenvalue weighted by Gasteiger charge is -2.26. The number of nitrogens with zero attached hydrogens (tertiary/aromatic N) is 1. The second-order valence-corrected chi connectivity index (χ2v) is 11.8. The number of hydrogen-bond donors (Lipinski definition) is 0. The second-order valence-electron chi connectivity index (χ2n) is 11.8. The van der Waals surface area contributed by atoms with Gasteiger partial charge < -0.3 is 9.32 Å². The summed E-state index contributed by atoms with van der Waals surface area (Å²) >= 11 is 0. The third-order valence-electron chi connectivity index (χ3n) is 9.04. The third-order valence-corrected chi connectivity index (χ3v) is 9.04. The van der Waals surface area contributed by atoms with Crippen LogP contribution in [0.2, 0.25) is 0 Å². The lowest BCUT2D eigenvalue weighted by molar-refractivity contribution is 0.672. The number of fused-ring (bicyclic) bond motifs is 6. The van der Waals surface area contributed by atoms with E-state index in [-0.39, 0.29) is 0 Å². The van der Waals surface area contributed by atoms with E-state index in [1.807, 2.05) is 0 Å². The normalized spacial score (nSPS) is 11.5. The van der Waals surface area contributed by atoms with E-state index in [1.165, 1.54) is 38.4 Å². The van der Waals surface area contributed by atoms with E-state index < -0.39 is 0 Å². The summed E-state index contributed by atoms with van der Waals surface area (Å²) < 4.78 is 6.37. The Morgan fingerprint density at radius 3 is 1.65 bits per heavy atom. The van der Waals surface area contributed by atoms with Crippen molar-refractivity contribution in [3.05, 3.63) is 176 Å². The van der Waals surface area contributed by atoms with Crippen LogP contribution in [0.25, 0.3) is 65.7 Å². The molecule has 0 aliphatic carbocycles. The minimum atomic E-state index is 0.910. The maximum Gasteiger partial charge on any atom is 0.143 e. The van der Waals surface area contributed by atoms with Crippen LogP contribution in [0.4, 0.5) is 17.1 Å². The Morgan fingerprint density at radius 1 is 0.326 bits per heavy atom. The Morgan fingerprint density at radius 2 is 0.891 bits per heavy atom.